The summed E-state index contributed by atoms with van der Waals surface area (Å²) >= 11 is 5.97. The smallest absolute Gasteiger partial charge is 0.297 e. The van der Waals surface area contributed by atoms with Gasteiger partial charge in [0.1, 0.15) is 19.0 Å². The number of halogens is 1. The topological polar surface area (TPSA) is 141 Å². The number of rotatable bonds is 11. The highest BCUT2D eigenvalue weighted by Gasteiger charge is 2.54. The van der Waals surface area contributed by atoms with Crippen LogP contribution in [-0.4, -0.2) is 44.3 Å². The van der Waals surface area contributed by atoms with E-state index < -0.39 is 28.2 Å². The second-order valence-electron chi connectivity index (χ2n) is 7.93. The molecule has 0 N–H and O–H groups in total. The lowest BCUT2D eigenvalue weighted by atomic mass is 10.0. The van der Waals surface area contributed by atoms with Crippen molar-refractivity contribution in [3.05, 3.63) is 98.1 Å². The number of hydrogen-bond donors (Lipinski definition) is 0. The van der Waals surface area contributed by atoms with E-state index in [-0.39, 0.29) is 24.6 Å². The van der Waals surface area contributed by atoms with Gasteiger partial charge in [-0.3, -0.25) is 15.0 Å². The zero-order chi connectivity index (χ0) is 24.9. The highest BCUT2D eigenvalue weighted by atomic mass is 35.5. The van der Waals surface area contributed by atoms with Gasteiger partial charge in [0.15, 0.2) is 5.79 Å². The van der Waals surface area contributed by atoms with Gasteiger partial charge in [0.05, 0.1) is 17.8 Å². The van der Waals surface area contributed by atoms with Gasteiger partial charge in [0.2, 0.25) is 0 Å². The van der Waals surface area contributed by atoms with Crippen molar-refractivity contribution in [3.63, 3.8) is 0 Å². The minimum atomic E-state index is -1.86. The molecule has 1 aliphatic rings. The number of aromatic nitrogens is 2. The van der Waals surface area contributed by atoms with E-state index in [1.807, 2.05) is 12.1 Å². The molecular weight excluding hydrogens is 484 g/mol. The van der Waals surface area contributed by atoms with Gasteiger partial charge < -0.3 is 18.8 Å². The van der Waals surface area contributed by atoms with Crippen LogP contribution in [0.1, 0.15) is 12.0 Å². The third-order valence-corrected chi connectivity index (χ3v) is 5.62. The quantitative estimate of drug-likeness (QED) is 0.281. The molecule has 13 heteroatoms. The Morgan fingerprint density at radius 1 is 1.11 bits per heavy atom. The maximum Gasteiger partial charge on any atom is 0.297 e. The molecule has 2 unspecified atom stereocenters. The van der Waals surface area contributed by atoms with Gasteiger partial charge >= 0.3 is 0 Å². The summed E-state index contributed by atoms with van der Waals surface area (Å²) < 4.78 is 19.6. The van der Waals surface area contributed by atoms with Crippen LogP contribution < -0.4 is 4.74 Å². The summed E-state index contributed by atoms with van der Waals surface area (Å²) in [6.07, 6.45) is 5.77. The number of nitro groups is 1. The molecule has 12 nitrogen and oxygen atoms in total. The Morgan fingerprint density at radius 3 is 2.49 bits per heavy atom. The standard InChI is InChI=1S/C22H21ClN4O8/c23-18-3-1-17(2-4-18)9-10-21(13-25-12-11-24-16-25)33-15-22(34-21,35-27(30)31)14-32-20-7-5-19(6-8-20)26(28)29/h1-8,11-12,16H,9-10,13-15H2. The Morgan fingerprint density at radius 2 is 1.86 bits per heavy atom. The normalized spacial score (nSPS) is 21.5. The first-order valence-electron chi connectivity index (χ1n) is 10.5. The summed E-state index contributed by atoms with van der Waals surface area (Å²) in [4.78, 5) is 30.6. The Kier molecular flexibility index (Phi) is 7.15. The average molecular weight is 505 g/mol. The van der Waals surface area contributed by atoms with E-state index >= 15 is 0 Å². The molecule has 1 aliphatic heterocycles. The third-order valence-electron chi connectivity index (χ3n) is 5.36. The molecule has 0 amide bonds. The Balaban J connectivity index is 1.53. The number of hydrogen-bond acceptors (Lipinski definition) is 9. The van der Waals surface area contributed by atoms with Crippen LogP contribution in [0.15, 0.2) is 67.3 Å². The lowest BCUT2D eigenvalue weighted by Gasteiger charge is -2.31. The zero-order valence-corrected chi connectivity index (χ0v) is 19.1. The number of nitro benzene ring substituents is 1. The van der Waals surface area contributed by atoms with Crippen molar-refractivity contribution in [2.24, 2.45) is 0 Å². The number of ether oxygens (including phenoxy) is 3. The minimum Gasteiger partial charge on any atom is -0.488 e. The molecule has 0 radical (unpaired) electrons. The van der Waals surface area contributed by atoms with Gasteiger partial charge in [0, 0.05) is 36.0 Å². The maximum absolute atomic E-state index is 11.3. The lowest BCUT2D eigenvalue weighted by Crippen LogP contribution is -2.47. The van der Waals surface area contributed by atoms with Crippen LogP contribution in [0.5, 0.6) is 5.75 Å². The van der Waals surface area contributed by atoms with E-state index in [2.05, 4.69) is 4.98 Å². The molecule has 2 heterocycles. The molecule has 2 aromatic carbocycles. The Hall–Kier alpha value is -3.74. The van der Waals surface area contributed by atoms with E-state index in [0.29, 0.717) is 17.9 Å². The largest absolute Gasteiger partial charge is 0.488 e. The first kappa shape index (κ1) is 24.4. The molecule has 0 saturated carbocycles. The second kappa shape index (κ2) is 10.3. The van der Waals surface area contributed by atoms with Gasteiger partial charge in [-0.05, 0) is 36.2 Å². The maximum atomic E-state index is 11.3. The van der Waals surface area contributed by atoms with E-state index in [0.717, 1.165) is 5.56 Å². The first-order chi connectivity index (χ1) is 16.8. The zero-order valence-electron chi connectivity index (χ0n) is 18.3. The minimum absolute atomic E-state index is 0.115. The first-order valence-corrected chi connectivity index (χ1v) is 10.9. The van der Waals surface area contributed by atoms with Crippen LogP contribution >= 0.6 is 11.6 Å². The fourth-order valence-electron chi connectivity index (χ4n) is 3.70. The van der Waals surface area contributed by atoms with Gasteiger partial charge in [-0.2, -0.15) is 0 Å². The van der Waals surface area contributed by atoms with Gasteiger partial charge in [-0.25, -0.2) is 4.98 Å². The Bertz CT molecular complexity index is 1160. The van der Waals surface area contributed by atoms with Crippen molar-refractivity contribution in [1.82, 2.24) is 9.55 Å². The summed E-state index contributed by atoms with van der Waals surface area (Å²) in [6, 6.07) is 12.6. The average Bonchev–Trinajstić information content (AvgIpc) is 3.46. The predicted octanol–water partition coefficient (Wildman–Crippen LogP) is 3.80. The number of nitrogens with zero attached hydrogens (tertiary/aromatic N) is 4. The van der Waals surface area contributed by atoms with Crippen LogP contribution in [0, 0.1) is 20.2 Å². The van der Waals surface area contributed by atoms with E-state index in [9.17, 15) is 20.2 Å². The summed E-state index contributed by atoms with van der Waals surface area (Å²) in [5.74, 6) is -2.89. The molecule has 35 heavy (non-hydrogen) atoms. The van der Waals surface area contributed by atoms with Crippen LogP contribution in [0.25, 0.3) is 0 Å². The fraction of sp³-hybridized carbons (Fsp3) is 0.318. The lowest BCUT2D eigenvalue weighted by molar-refractivity contribution is -0.795. The van der Waals surface area contributed by atoms with E-state index in [1.165, 1.54) is 24.3 Å². The summed E-state index contributed by atoms with van der Waals surface area (Å²) in [5, 5.41) is 21.8. The summed E-state index contributed by atoms with van der Waals surface area (Å²) in [6.45, 7) is -0.477. The van der Waals surface area contributed by atoms with Crippen LogP contribution in [0.2, 0.25) is 5.02 Å². The molecule has 1 saturated heterocycles. The van der Waals surface area contributed by atoms with Crippen LogP contribution in [0.3, 0.4) is 0 Å². The molecule has 1 aromatic heterocycles. The van der Waals surface area contributed by atoms with Crippen molar-refractivity contribution in [1.29, 1.82) is 0 Å². The highest BCUT2D eigenvalue weighted by Crippen LogP contribution is 2.38. The van der Waals surface area contributed by atoms with Crippen molar-refractivity contribution < 1.29 is 29.1 Å². The monoisotopic (exact) mass is 504 g/mol. The number of aryl methyl sites for hydroxylation is 1. The van der Waals surface area contributed by atoms with Crippen LogP contribution in [0.4, 0.5) is 5.69 Å². The van der Waals surface area contributed by atoms with Crippen molar-refractivity contribution in [3.8, 4) is 5.75 Å². The second-order valence-corrected chi connectivity index (χ2v) is 8.36. The number of benzene rings is 2. The predicted molar refractivity (Wildman–Crippen MR) is 121 cm³/mol. The van der Waals surface area contributed by atoms with Gasteiger partial charge in [-0.15, -0.1) is 10.1 Å². The molecule has 0 bridgehead atoms. The van der Waals surface area contributed by atoms with Crippen molar-refractivity contribution in [2.75, 3.05) is 13.2 Å². The molecular formula is C22H21ClN4O8. The van der Waals surface area contributed by atoms with E-state index in [1.54, 1.807) is 35.4 Å². The summed E-state index contributed by atoms with van der Waals surface area (Å²) in [5.41, 5.74) is 0.858. The molecule has 2 atom stereocenters. The fourth-order valence-corrected chi connectivity index (χ4v) is 3.83. The van der Waals surface area contributed by atoms with Crippen molar-refractivity contribution in [2.45, 2.75) is 31.0 Å². The molecule has 3 aromatic rings. The molecule has 0 aliphatic carbocycles. The SMILES string of the molecule is O=[N+]([O-])OC1(COc2ccc([N+](=O)[O-])cc2)COC(CCc2ccc(Cl)cc2)(Cn2ccnc2)O1. The Labute approximate surface area is 204 Å². The van der Waals surface area contributed by atoms with Gasteiger partial charge in [0.25, 0.3) is 16.6 Å². The molecule has 184 valence electrons. The van der Waals surface area contributed by atoms with Gasteiger partial charge in [-0.1, -0.05) is 23.7 Å². The molecule has 4 rings (SSSR count). The highest BCUT2D eigenvalue weighted by molar-refractivity contribution is 6.30. The van der Waals surface area contributed by atoms with E-state index in [4.69, 9.17) is 30.6 Å². The third kappa shape index (κ3) is 6.23. The number of imidazole rings is 1. The summed E-state index contributed by atoms with van der Waals surface area (Å²) in [7, 11) is 0. The molecule has 0 spiro atoms. The number of non-ortho nitro benzene ring substituents is 1. The molecule has 1 fully saturated rings. The van der Waals surface area contributed by atoms with Crippen LogP contribution in [-0.2, 0) is 27.3 Å². The van der Waals surface area contributed by atoms with Crippen molar-refractivity contribution >= 4 is 17.3 Å².